The molecule has 6 nitrogen and oxygen atoms in total. The van der Waals surface area contributed by atoms with Gasteiger partial charge in [0, 0.05) is 6.07 Å². The maximum atomic E-state index is 10.4. The standard InChI is InChI=1S/C21H29N3O3S/c1-13(24(23)16-12-15(26-5)8-9-18(16)27-6)20(22)28-19-10-7-14(11-17(19)25)21(2,3)4/h7-12,25H,22-23H2,1-6H3/b20-13+. The van der Waals surface area contributed by atoms with Crippen LogP contribution in [0.15, 0.2) is 52.0 Å². The second-order valence-electron chi connectivity index (χ2n) is 7.39. The highest BCUT2D eigenvalue weighted by atomic mass is 32.2. The third-order valence-electron chi connectivity index (χ3n) is 4.41. The predicted molar refractivity (Wildman–Crippen MR) is 116 cm³/mol. The number of anilines is 1. The molecule has 0 fully saturated rings. The van der Waals surface area contributed by atoms with Gasteiger partial charge in [-0.3, -0.25) is 5.01 Å². The van der Waals surface area contributed by atoms with Crippen LogP contribution in [0.25, 0.3) is 0 Å². The quantitative estimate of drug-likeness (QED) is 0.375. The molecule has 2 rings (SSSR count). The van der Waals surface area contributed by atoms with E-state index in [0.717, 1.165) is 5.56 Å². The minimum atomic E-state index is -0.0467. The van der Waals surface area contributed by atoms with Crippen LogP contribution in [0.1, 0.15) is 33.3 Å². The van der Waals surface area contributed by atoms with Gasteiger partial charge in [-0.25, -0.2) is 5.84 Å². The molecule has 0 saturated carbocycles. The van der Waals surface area contributed by atoms with Crippen LogP contribution in [0.4, 0.5) is 5.69 Å². The zero-order valence-corrected chi connectivity index (χ0v) is 18.1. The molecule has 0 amide bonds. The van der Waals surface area contributed by atoms with Crippen molar-refractivity contribution >= 4 is 17.4 Å². The Labute approximate surface area is 171 Å². The lowest BCUT2D eigenvalue weighted by Gasteiger charge is -2.24. The number of rotatable bonds is 6. The summed E-state index contributed by atoms with van der Waals surface area (Å²) in [6.45, 7) is 8.10. The number of methoxy groups -OCH3 is 2. The summed E-state index contributed by atoms with van der Waals surface area (Å²) in [5, 5.41) is 12.3. The summed E-state index contributed by atoms with van der Waals surface area (Å²) in [6.07, 6.45) is 0. The number of thioether (sulfide) groups is 1. The molecule has 0 bridgehead atoms. The van der Waals surface area contributed by atoms with E-state index in [1.807, 2.05) is 19.1 Å². The number of nitrogens with zero attached hydrogens (tertiary/aromatic N) is 1. The Kier molecular flexibility index (Phi) is 6.74. The zero-order chi connectivity index (χ0) is 21.1. The van der Waals surface area contributed by atoms with Gasteiger partial charge in [0.15, 0.2) is 0 Å². The molecular weight excluding hydrogens is 374 g/mol. The lowest BCUT2D eigenvalue weighted by Crippen LogP contribution is -2.31. The highest BCUT2D eigenvalue weighted by Crippen LogP contribution is 2.38. The van der Waals surface area contributed by atoms with Crippen molar-refractivity contribution in [2.24, 2.45) is 11.6 Å². The van der Waals surface area contributed by atoms with E-state index < -0.39 is 0 Å². The third kappa shape index (κ3) is 4.85. The van der Waals surface area contributed by atoms with Crippen LogP contribution in [0, 0.1) is 0 Å². The second kappa shape index (κ2) is 8.67. The summed E-state index contributed by atoms with van der Waals surface area (Å²) in [5.74, 6) is 7.74. The van der Waals surface area contributed by atoms with E-state index in [9.17, 15) is 5.11 Å². The molecule has 0 atom stereocenters. The maximum Gasteiger partial charge on any atom is 0.144 e. The summed E-state index contributed by atoms with van der Waals surface area (Å²) >= 11 is 1.26. The molecule has 0 saturated heterocycles. The Hall–Kier alpha value is -2.51. The van der Waals surface area contributed by atoms with E-state index in [1.54, 1.807) is 38.5 Å². The van der Waals surface area contributed by atoms with E-state index in [1.165, 1.54) is 16.8 Å². The first-order valence-electron chi connectivity index (χ1n) is 8.83. The molecule has 0 heterocycles. The first-order valence-corrected chi connectivity index (χ1v) is 9.64. The number of hydrogen-bond donors (Lipinski definition) is 3. The summed E-state index contributed by atoms with van der Waals surface area (Å²) in [4.78, 5) is 0.663. The van der Waals surface area contributed by atoms with Crippen LogP contribution in [0.2, 0.25) is 0 Å². The summed E-state index contributed by atoms with van der Waals surface area (Å²) in [7, 11) is 3.16. The number of nitrogens with two attached hydrogens (primary N) is 2. The van der Waals surface area contributed by atoms with Gasteiger partial charge in [-0.05, 0) is 42.2 Å². The number of hydrogen-bond acceptors (Lipinski definition) is 7. The molecule has 2 aromatic carbocycles. The number of ether oxygens (including phenoxy) is 2. The topological polar surface area (TPSA) is 94.0 Å². The Balaban J connectivity index is 2.33. The average molecular weight is 404 g/mol. The number of aromatic hydroxyl groups is 1. The van der Waals surface area contributed by atoms with Crippen LogP contribution < -0.4 is 26.1 Å². The molecule has 152 valence electrons. The summed E-state index contributed by atoms with van der Waals surface area (Å²) in [6, 6.07) is 11.0. The predicted octanol–water partition coefficient (Wildman–Crippen LogP) is 4.33. The van der Waals surface area contributed by atoms with Crippen molar-refractivity contribution in [3.63, 3.8) is 0 Å². The van der Waals surface area contributed by atoms with E-state index in [2.05, 4.69) is 20.8 Å². The van der Waals surface area contributed by atoms with Gasteiger partial charge in [0.05, 0.1) is 29.8 Å². The van der Waals surface area contributed by atoms with Crippen molar-refractivity contribution in [2.45, 2.75) is 38.0 Å². The van der Waals surface area contributed by atoms with Crippen molar-refractivity contribution in [1.82, 2.24) is 0 Å². The maximum absolute atomic E-state index is 10.4. The highest BCUT2D eigenvalue weighted by molar-refractivity contribution is 8.03. The molecule has 0 unspecified atom stereocenters. The van der Waals surface area contributed by atoms with Crippen LogP contribution in [-0.4, -0.2) is 19.3 Å². The number of allylic oxidation sites excluding steroid dienone is 1. The van der Waals surface area contributed by atoms with E-state index in [0.29, 0.717) is 32.8 Å². The minimum absolute atomic E-state index is 0.0467. The van der Waals surface area contributed by atoms with Gasteiger partial charge in [0.25, 0.3) is 0 Å². The smallest absolute Gasteiger partial charge is 0.144 e. The lowest BCUT2D eigenvalue weighted by atomic mass is 9.87. The van der Waals surface area contributed by atoms with Crippen molar-refractivity contribution in [3.05, 3.63) is 52.7 Å². The largest absolute Gasteiger partial charge is 0.507 e. The van der Waals surface area contributed by atoms with Crippen molar-refractivity contribution < 1.29 is 14.6 Å². The Bertz CT molecular complexity index is 876. The van der Waals surface area contributed by atoms with Gasteiger partial charge in [-0.2, -0.15) is 0 Å². The van der Waals surface area contributed by atoms with E-state index >= 15 is 0 Å². The van der Waals surface area contributed by atoms with Crippen LogP contribution in [-0.2, 0) is 5.41 Å². The van der Waals surface area contributed by atoms with Gasteiger partial charge >= 0.3 is 0 Å². The number of phenolic OH excluding ortho intramolecular Hbond substituents is 1. The summed E-state index contributed by atoms with van der Waals surface area (Å²) in [5.41, 5.74) is 8.53. The first kappa shape index (κ1) is 21.8. The van der Waals surface area contributed by atoms with Gasteiger partial charge in [-0.1, -0.05) is 38.6 Å². The van der Waals surface area contributed by atoms with Crippen LogP contribution in [0.3, 0.4) is 0 Å². The van der Waals surface area contributed by atoms with E-state index in [4.69, 9.17) is 21.1 Å². The van der Waals surface area contributed by atoms with Crippen LogP contribution >= 0.6 is 11.8 Å². The fourth-order valence-corrected chi connectivity index (χ4v) is 3.33. The van der Waals surface area contributed by atoms with Gasteiger partial charge < -0.3 is 20.3 Å². The van der Waals surface area contributed by atoms with Crippen molar-refractivity contribution in [3.8, 4) is 17.2 Å². The second-order valence-corrected chi connectivity index (χ2v) is 8.48. The zero-order valence-electron chi connectivity index (χ0n) is 17.2. The monoisotopic (exact) mass is 403 g/mol. The molecule has 0 aliphatic heterocycles. The fourth-order valence-electron chi connectivity index (χ4n) is 2.55. The van der Waals surface area contributed by atoms with Crippen molar-refractivity contribution in [2.75, 3.05) is 19.2 Å². The third-order valence-corrected chi connectivity index (χ3v) is 5.49. The lowest BCUT2D eigenvalue weighted by molar-refractivity contribution is 0.403. The molecule has 5 N–H and O–H groups in total. The number of phenols is 1. The first-order chi connectivity index (χ1) is 13.1. The molecule has 0 spiro atoms. The number of hydrazine groups is 1. The highest BCUT2D eigenvalue weighted by Gasteiger charge is 2.18. The molecule has 28 heavy (non-hydrogen) atoms. The molecule has 7 heteroatoms. The minimum Gasteiger partial charge on any atom is -0.507 e. The SMILES string of the molecule is COc1ccc(OC)c(N(N)/C(C)=C(\N)Sc2ccc(C(C)(C)C)cc2O)c1. The molecule has 0 aliphatic carbocycles. The Morgan fingerprint density at radius 2 is 1.75 bits per heavy atom. The Morgan fingerprint density at radius 3 is 2.29 bits per heavy atom. The van der Waals surface area contributed by atoms with Gasteiger partial charge in [0.1, 0.15) is 22.9 Å². The number of benzene rings is 2. The van der Waals surface area contributed by atoms with Crippen LogP contribution in [0.5, 0.6) is 17.2 Å². The van der Waals surface area contributed by atoms with Crippen molar-refractivity contribution in [1.29, 1.82) is 0 Å². The summed E-state index contributed by atoms with van der Waals surface area (Å²) < 4.78 is 10.7. The molecule has 0 aliphatic rings. The Morgan fingerprint density at radius 1 is 1.07 bits per heavy atom. The normalized spacial score (nSPS) is 12.4. The molecule has 0 radical (unpaired) electrons. The molecule has 2 aromatic rings. The average Bonchev–Trinajstić information content (AvgIpc) is 2.66. The van der Waals surface area contributed by atoms with E-state index in [-0.39, 0.29) is 11.2 Å². The fraction of sp³-hybridized carbons (Fsp3) is 0.333. The molecular formula is C21H29N3O3S. The van der Waals surface area contributed by atoms with Gasteiger partial charge in [0.2, 0.25) is 0 Å². The van der Waals surface area contributed by atoms with Gasteiger partial charge in [-0.15, -0.1) is 0 Å². The molecule has 0 aromatic heterocycles.